The molecule has 8 heteroatoms. The summed E-state index contributed by atoms with van der Waals surface area (Å²) < 4.78 is 44.1. The molecule has 29 heavy (non-hydrogen) atoms. The van der Waals surface area contributed by atoms with Crippen molar-refractivity contribution in [3.63, 3.8) is 0 Å². The van der Waals surface area contributed by atoms with Gasteiger partial charge in [0, 0.05) is 36.2 Å². The molecule has 1 saturated heterocycles. The van der Waals surface area contributed by atoms with Gasteiger partial charge in [0.2, 0.25) is 5.91 Å². The van der Waals surface area contributed by atoms with Crippen LogP contribution in [0.2, 0.25) is 0 Å². The molecule has 1 fully saturated rings. The first kappa shape index (κ1) is 19.4. The molecule has 5 nitrogen and oxygen atoms in total. The normalized spacial score (nSPS) is 17.8. The standard InChI is InChI=1S/C21H22F3N3O2/c22-21(23,24)14-7-10-27(11-8-14)17-4-1-15(2-5-17)25-16-3-6-18-19(13-16)29-12-9-20(28)26-18/h1-6,13-14,25H,7-12H2,(H,26,28). The molecular weight excluding hydrogens is 383 g/mol. The van der Waals surface area contributed by atoms with Crippen LogP contribution < -0.4 is 20.3 Å². The Kier molecular flexibility index (Phi) is 5.25. The maximum atomic E-state index is 12.8. The van der Waals surface area contributed by atoms with Crippen molar-refractivity contribution in [2.24, 2.45) is 5.92 Å². The van der Waals surface area contributed by atoms with Gasteiger partial charge in [0.05, 0.1) is 24.6 Å². The number of fused-ring (bicyclic) bond motifs is 1. The van der Waals surface area contributed by atoms with Crippen molar-refractivity contribution in [2.75, 3.05) is 35.2 Å². The Labute approximate surface area is 166 Å². The van der Waals surface area contributed by atoms with E-state index in [0.717, 1.165) is 17.1 Å². The number of alkyl halides is 3. The molecule has 2 aliphatic heterocycles. The number of amides is 1. The van der Waals surface area contributed by atoms with E-state index in [9.17, 15) is 18.0 Å². The van der Waals surface area contributed by atoms with E-state index in [2.05, 4.69) is 10.6 Å². The second kappa shape index (κ2) is 7.85. The quantitative estimate of drug-likeness (QED) is 0.760. The summed E-state index contributed by atoms with van der Waals surface area (Å²) in [6.45, 7) is 1.15. The van der Waals surface area contributed by atoms with E-state index in [1.165, 1.54) is 0 Å². The molecule has 0 radical (unpaired) electrons. The van der Waals surface area contributed by atoms with Gasteiger partial charge in [-0.1, -0.05) is 0 Å². The van der Waals surface area contributed by atoms with Gasteiger partial charge in [0.1, 0.15) is 5.75 Å². The van der Waals surface area contributed by atoms with Gasteiger partial charge >= 0.3 is 6.18 Å². The van der Waals surface area contributed by atoms with Crippen LogP contribution in [0, 0.1) is 5.92 Å². The number of nitrogens with zero attached hydrogens (tertiary/aromatic N) is 1. The Morgan fingerprint density at radius 2 is 1.72 bits per heavy atom. The Hall–Kier alpha value is -2.90. The molecule has 2 N–H and O–H groups in total. The fourth-order valence-corrected chi connectivity index (χ4v) is 3.68. The van der Waals surface area contributed by atoms with Crippen molar-refractivity contribution in [1.82, 2.24) is 0 Å². The van der Waals surface area contributed by atoms with E-state index in [1.807, 2.05) is 41.3 Å². The number of carbonyl (C=O) groups excluding carboxylic acids is 1. The first-order valence-electron chi connectivity index (χ1n) is 9.64. The van der Waals surface area contributed by atoms with Gasteiger partial charge in [0.15, 0.2) is 0 Å². The van der Waals surface area contributed by atoms with E-state index in [1.54, 1.807) is 6.07 Å². The third-order valence-corrected chi connectivity index (χ3v) is 5.32. The minimum Gasteiger partial charge on any atom is -0.491 e. The highest BCUT2D eigenvalue weighted by Gasteiger charge is 2.41. The molecule has 0 bridgehead atoms. The zero-order valence-corrected chi connectivity index (χ0v) is 15.8. The molecule has 0 saturated carbocycles. The van der Waals surface area contributed by atoms with Crippen LogP contribution in [0.15, 0.2) is 42.5 Å². The highest BCUT2D eigenvalue weighted by molar-refractivity contribution is 5.93. The Morgan fingerprint density at radius 1 is 1.03 bits per heavy atom. The van der Waals surface area contributed by atoms with Crippen molar-refractivity contribution in [1.29, 1.82) is 0 Å². The molecule has 1 amide bonds. The van der Waals surface area contributed by atoms with E-state index in [-0.39, 0.29) is 18.7 Å². The Bertz CT molecular complexity index is 876. The average Bonchev–Trinajstić information content (AvgIpc) is 2.88. The minimum absolute atomic E-state index is 0.0701. The Morgan fingerprint density at radius 3 is 2.41 bits per heavy atom. The third kappa shape index (κ3) is 4.58. The molecule has 2 aliphatic rings. The van der Waals surface area contributed by atoms with Gasteiger partial charge < -0.3 is 20.3 Å². The summed E-state index contributed by atoms with van der Waals surface area (Å²) >= 11 is 0. The van der Waals surface area contributed by atoms with Crippen LogP contribution in [0.4, 0.5) is 35.9 Å². The predicted octanol–water partition coefficient (Wildman–Crippen LogP) is 4.93. The maximum absolute atomic E-state index is 12.8. The molecule has 154 valence electrons. The zero-order chi connectivity index (χ0) is 20.4. The van der Waals surface area contributed by atoms with Crippen LogP contribution in [0.3, 0.4) is 0 Å². The second-order valence-electron chi connectivity index (χ2n) is 7.33. The number of rotatable bonds is 3. The van der Waals surface area contributed by atoms with Gasteiger partial charge in [-0.3, -0.25) is 4.79 Å². The predicted molar refractivity (Wildman–Crippen MR) is 106 cm³/mol. The van der Waals surface area contributed by atoms with Gasteiger partial charge in [-0.15, -0.1) is 0 Å². The van der Waals surface area contributed by atoms with Crippen LogP contribution in [-0.4, -0.2) is 31.8 Å². The number of ether oxygens (including phenoxy) is 1. The van der Waals surface area contributed by atoms with Crippen molar-refractivity contribution < 1.29 is 22.7 Å². The van der Waals surface area contributed by atoms with E-state index >= 15 is 0 Å². The molecular formula is C21H22F3N3O2. The summed E-state index contributed by atoms with van der Waals surface area (Å²) in [4.78, 5) is 13.6. The van der Waals surface area contributed by atoms with Crippen LogP contribution in [0.5, 0.6) is 5.75 Å². The molecule has 0 spiro atoms. The smallest absolute Gasteiger partial charge is 0.391 e. The van der Waals surface area contributed by atoms with Crippen molar-refractivity contribution in [3.8, 4) is 5.75 Å². The second-order valence-corrected chi connectivity index (χ2v) is 7.33. The highest BCUT2D eigenvalue weighted by Crippen LogP contribution is 2.36. The lowest BCUT2D eigenvalue weighted by Crippen LogP contribution is -2.38. The molecule has 2 heterocycles. The number of benzene rings is 2. The summed E-state index contributed by atoms with van der Waals surface area (Å²) in [5.41, 5.74) is 3.25. The number of nitrogens with one attached hydrogen (secondary N) is 2. The highest BCUT2D eigenvalue weighted by atomic mass is 19.4. The van der Waals surface area contributed by atoms with E-state index < -0.39 is 12.1 Å². The summed E-state index contributed by atoms with van der Waals surface area (Å²) in [6, 6.07) is 13.1. The zero-order valence-electron chi connectivity index (χ0n) is 15.8. The fourth-order valence-electron chi connectivity index (χ4n) is 3.68. The molecule has 0 atom stereocenters. The topological polar surface area (TPSA) is 53.6 Å². The number of piperidine rings is 1. The van der Waals surface area contributed by atoms with Crippen LogP contribution >= 0.6 is 0 Å². The number of hydrogen-bond donors (Lipinski definition) is 2. The van der Waals surface area contributed by atoms with E-state index in [0.29, 0.717) is 37.6 Å². The molecule has 4 rings (SSSR count). The summed E-state index contributed by atoms with van der Waals surface area (Å²) in [5, 5.41) is 6.08. The molecule has 0 aromatic heterocycles. The Balaban J connectivity index is 1.39. The van der Waals surface area contributed by atoms with Crippen molar-refractivity contribution in [2.45, 2.75) is 25.4 Å². The lowest BCUT2D eigenvalue weighted by atomic mass is 9.96. The van der Waals surface area contributed by atoms with Gasteiger partial charge in [-0.2, -0.15) is 13.2 Å². The number of hydrogen-bond acceptors (Lipinski definition) is 4. The maximum Gasteiger partial charge on any atom is 0.391 e. The summed E-state index contributed by atoms with van der Waals surface area (Å²) in [7, 11) is 0. The summed E-state index contributed by atoms with van der Waals surface area (Å²) in [5.74, 6) is -0.649. The van der Waals surface area contributed by atoms with Gasteiger partial charge in [-0.05, 0) is 49.2 Å². The minimum atomic E-state index is -4.10. The molecule has 2 aromatic rings. The SMILES string of the molecule is O=C1CCOc2cc(Nc3ccc(N4CCC(C(F)(F)F)CC4)cc3)ccc2N1. The molecule has 0 unspecified atom stereocenters. The van der Waals surface area contributed by atoms with Gasteiger partial charge in [-0.25, -0.2) is 0 Å². The van der Waals surface area contributed by atoms with Crippen LogP contribution in [0.1, 0.15) is 19.3 Å². The number of anilines is 4. The first-order chi connectivity index (χ1) is 13.9. The van der Waals surface area contributed by atoms with Crippen LogP contribution in [0.25, 0.3) is 0 Å². The van der Waals surface area contributed by atoms with Crippen molar-refractivity contribution in [3.05, 3.63) is 42.5 Å². The fraction of sp³-hybridized carbons (Fsp3) is 0.381. The van der Waals surface area contributed by atoms with E-state index in [4.69, 9.17) is 4.74 Å². The lowest BCUT2D eigenvalue weighted by Gasteiger charge is -2.34. The van der Waals surface area contributed by atoms with Crippen molar-refractivity contribution >= 4 is 28.7 Å². The monoisotopic (exact) mass is 405 g/mol. The average molecular weight is 405 g/mol. The molecule has 2 aromatic carbocycles. The lowest BCUT2D eigenvalue weighted by molar-refractivity contribution is -0.179. The van der Waals surface area contributed by atoms with Crippen LogP contribution in [-0.2, 0) is 4.79 Å². The number of carbonyl (C=O) groups is 1. The largest absolute Gasteiger partial charge is 0.491 e. The summed E-state index contributed by atoms with van der Waals surface area (Å²) in [6.07, 6.45) is -3.51. The third-order valence-electron chi connectivity index (χ3n) is 5.32. The van der Waals surface area contributed by atoms with Gasteiger partial charge in [0.25, 0.3) is 0 Å². The first-order valence-corrected chi connectivity index (χ1v) is 9.64. The molecule has 0 aliphatic carbocycles. The number of halogens is 3.